The number of aromatic nitrogens is 6. The predicted octanol–water partition coefficient (Wildman–Crippen LogP) is 6.03. The Bertz CT molecular complexity index is 1660. The molecule has 192 valence electrons. The van der Waals surface area contributed by atoms with Crippen molar-refractivity contribution in [1.82, 2.24) is 29.5 Å². The van der Waals surface area contributed by atoms with Crippen molar-refractivity contribution in [2.45, 2.75) is 51.9 Å². The third-order valence-electron chi connectivity index (χ3n) is 7.49. The molecule has 0 saturated heterocycles. The maximum absolute atomic E-state index is 13.9. The summed E-state index contributed by atoms with van der Waals surface area (Å²) in [4.78, 5) is 23.0. The monoisotopic (exact) mass is 525 g/mol. The molecule has 1 amide bonds. The summed E-state index contributed by atoms with van der Waals surface area (Å²) in [5.74, 6) is 1.07. The van der Waals surface area contributed by atoms with Crippen molar-refractivity contribution in [3.05, 3.63) is 88.5 Å². The van der Waals surface area contributed by atoms with Crippen LogP contribution in [0.3, 0.4) is 0 Å². The third-order valence-corrected chi connectivity index (χ3v) is 7.74. The molecule has 0 atom stereocenters. The van der Waals surface area contributed by atoms with Crippen LogP contribution in [0.25, 0.3) is 22.5 Å². The quantitative estimate of drug-likeness (QED) is 0.302. The van der Waals surface area contributed by atoms with Gasteiger partial charge in [-0.2, -0.15) is 14.9 Å². The first-order valence-electron chi connectivity index (χ1n) is 12.8. The number of anilines is 1. The second-order valence-electron chi connectivity index (χ2n) is 10.1. The van der Waals surface area contributed by atoms with Gasteiger partial charge in [0.1, 0.15) is 12.1 Å². The Labute approximate surface area is 225 Å². The Morgan fingerprint density at radius 1 is 0.974 bits per heavy atom. The number of fused-ring (bicyclic) bond motifs is 1. The first-order valence-corrected chi connectivity index (χ1v) is 13.1. The molecule has 1 aliphatic carbocycles. The van der Waals surface area contributed by atoms with Crippen LogP contribution in [0.1, 0.15) is 48.1 Å². The second kappa shape index (κ2) is 9.36. The minimum atomic E-state index is -0.609. The summed E-state index contributed by atoms with van der Waals surface area (Å²) in [5, 5.41) is 13.9. The second-order valence-corrected chi connectivity index (χ2v) is 10.6. The van der Waals surface area contributed by atoms with Crippen LogP contribution < -0.4 is 5.32 Å². The number of benzene rings is 2. The van der Waals surface area contributed by atoms with Gasteiger partial charge in [-0.05, 0) is 62.9 Å². The fourth-order valence-corrected chi connectivity index (χ4v) is 5.73. The number of nitrogens with zero attached hydrogens (tertiary/aromatic N) is 6. The summed E-state index contributed by atoms with van der Waals surface area (Å²) in [6.07, 6.45) is 6.83. The van der Waals surface area contributed by atoms with Crippen LogP contribution in [-0.2, 0) is 10.2 Å². The highest BCUT2D eigenvalue weighted by atomic mass is 35.5. The number of hydrogen-bond acceptors (Lipinski definition) is 5. The van der Waals surface area contributed by atoms with Crippen LogP contribution >= 0.6 is 11.6 Å². The molecule has 1 saturated carbocycles. The van der Waals surface area contributed by atoms with Gasteiger partial charge in [-0.25, -0.2) is 14.6 Å². The number of nitrogens with one attached hydrogen (secondary N) is 1. The SMILES string of the molecule is Cc1ccc(-n2ncc3c(-n4nc(C)cc4NC(=O)C4(c5ccc(Cl)cc5)CCCC4)ncnc32)c(C)c1. The van der Waals surface area contributed by atoms with Crippen LogP contribution in [-0.4, -0.2) is 35.4 Å². The molecule has 0 unspecified atom stereocenters. The van der Waals surface area contributed by atoms with E-state index in [1.165, 1.54) is 11.9 Å². The van der Waals surface area contributed by atoms with Crippen LogP contribution in [0.2, 0.25) is 5.02 Å². The smallest absolute Gasteiger partial charge is 0.236 e. The summed E-state index contributed by atoms with van der Waals surface area (Å²) in [6.45, 7) is 6.02. The van der Waals surface area contributed by atoms with Gasteiger partial charge in [0.15, 0.2) is 11.5 Å². The third kappa shape index (κ3) is 4.05. The van der Waals surface area contributed by atoms with Gasteiger partial charge in [-0.1, -0.05) is 54.3 Å². The molecule has 1 N–H and O–H groups in total. The lowest BCUT2D eigenvalue weighted by molar-refractivity contribution is -0.121. The van der Waals surface area contributed by atoms with Crippen LogP contribution in [0.15, 0.2) is 61.1 Å². The van der Waals surface area contributed by atoms with Crippen LogP contribution in [0.5, 0.6) is 0 Å². The number of rotatable bonds is 5. The van der Waals surface area contributed by atoms with E-state index in [-0.39, 0.29) is 5.91 Å². The molecule has 5 aromatic rings. The molecule has 9 heteroatoms. The van der Waals surface area contributed by atoms with Crippen molar-refractivity contribution in [1.29, 1.82) is 0 Å². The summed E-state index contributed by atoms with van der Waals surface area (Å²) < 4.78 is 3.49. The van der Waals surface area contributed by atoms with E-state index in [4.69, 9.17) is 11.6 Å². The Kier molecular flexibility index (Phi) is 5.99. The Morgan fingerprint density at radius 3 is 2.47 bits per heavy atom. The Morgan fingerprint density at radius 2 is 1.74 bits per heavy atom. The van der Waals surface area contributed by atoms with Gasteiger partial charge >= 0.3 is 0 Å². The minimum absolute atomic E-state index is 0.0465. The lowest BCUT2D eigenvalue weighted by Gasteiger charge is -2.28. The maximum Gasteiger partial charge on any atom is 0.236 e. The lowest BCUT2D eigenvalue weighted by atomic mass is 9.78. The largest absolute Gasteiger partial charge is 0.310 e. The maximum atomic E-state index is 13.9. The van der Waals surface area contributed by atoms with E-state index in [1.807, 2.05) is 48.0 Å². The molecule has 6 rings (SSSR count). The zero-order valence-corrected chi connectivity index (χ0v) is 22.3. The molecule has 3 heterocycles. The number of carbonyl (C=O) groups is 1. The normalized spacial score (nSPS) is 14.7. The molecule has 0 radical (unpaired) electrons. The van der Waals surface area contributed by atoms with Crippen LogP contribution in [0, 0.1) is 20.8 Å². The van der Waals surface area contributed by atoms with E-state index in [1.54, 1.807) is 10.9 Å². The molecule has 3 aromatic heterocycles. The average molecular weight is 526 g/mol. The molecular weight excluding hydrogens is 498 g/mol. The van der Waals surface area contributed by atoms with E-state index < -0.39 is 5.41 Å². The number of aryl methyl sites for hydroxylation is 3. The highest BCUT2D eigenvalue weighted by Gasteiger charge is 2.43. The topological polar surface area (TPSA) is 90.5 Å². The van der Waals surface area contributed by atoms with Gasteiger partial charge in [-0.3, -0.25) is 4.79 Å². The van der Waals surface area contributed by atoms with E-state index in [9.17, 15) is 4.79 Å². The highest BCUT2D eigenvalue weighted by molar-refractivity contribution is 6.30. The molecule has 0 bridgehead atoms. The van der Waals surface area contributed by atoms with Crippen molar-refractivity contribution in [2.24, 2.45) is 0 Å². The highest BCUT2D eigenvalue weighted by Crippen LogP contribution is 2.42. The van der Waals surface area contributed by atoms with Gasteiger partial charge in [-0.15, -0.1) is 0 Å². The van der Waals surface area contributed by atoms with Crippen molar-refractivity contribution in [3.8, 4) is 11.5 Å². The Balaban J connectivity index is 1.40. The molecule has 0 aliphatic heterocycles. The first-order chi connectivity index (χ1) is 18.4. The van der Waals surface area contributed by atoms with Gasteiger partial charge in [0.25, 0.3) is 0 Å². The molecular formula is C29H28ClN7O. The van der Waals surface area contributed by atoms with E-state index in [0.29, 0.717) is 22.3 Å². The zero-order valence-electron chi connectivity index (χ0n) is 21.6. The molecule has 0 spiro atoms. The van der Waals surface area contributed by atoms with Gasteiger partial charge in [0.05, 0.1) is 28.4 Å². The Hall–Kier alpha value is -4.04. The van der Waals surface area contributed by atoms with Gasteiger partial charge < -0.3 is 5.32 Å². The molecule has 2 aromatic carbocycles. The zero-order chi connectivity index (χ0) is 26.4. The number of carbonyl (C=O) groups excluding carboxylic acids is 1. The van der Waals surface area contributed by atoms with Crippen molar-refractivity contribution in [2.75, 3.05) is 5.32 Å². The van der Waals surface area contributed by atoms with Crippen LogP contribution in [0.4, 0.5) is 5.82 Å². The molecule has 38 heavy (non-hydrogen) atoms. The van der Waals surface area contributed by atoms with Crippen molar-refractivity contribution < 1.29 is 4.79 Å². The van der Waals surface area contributed by atoms with Gasteiger partial charge in [0, 0.05) is 11.1 Å². The van der Waals surface area contributed by atoms with E-state index in [2.05, 4.69) is 51.5 Å². The lowest BCUT2D eigenvalue weighted by Crippen LogP contribution is -2.38. The van der Waals surface area contributed by atoms with E-state index in [0.717, 1.165) is 53.6 Å². The fourth-order valence-electron chi connectivity index (χ4n) is 5.60. The van der Waals surface area contributed by atoms with Crippen molar-refractivity contribution >= 4 is 34.4 Å². The first kappa shape index (κ1) is 24.3. The summed E-state index contributed by atoms with van der Waals surface area (Å²) in [5.41, 5.74) is 5.04. The number of halogens is 1. The molecule has 8 nitrogen and oxygen atoms in total. The average Bonchev–Trinajstić information content (AvgIpc) is 3.64. The summed E-state index contributed by atoms with van der Waals surface area (Å²) >= 11 is 6.14. The van der Waals surface area contributed by atoms with Crippen molar-refractivity contribution in [3.63, 3.8) is 0 Å². The minimum Gasteiger partial charge on any atom is -0.310 e. The predicted molar refractivity (Wildman–Crippen MR) is 148 cm³/mol. The fraction of sp³-hybridized carbons (Fsp3) is 0.276. The summed E-state index contributed by atoms with van der Waals surface area (Å²) in [7, 11) is 0. The summed E-state index contributed by atoms with van der Waals surface area (Å²) in [6, 6.07) is 15.7. The number of amides is 1. The van der Waals surface area contributed by atoms with Gasteiger partial charge in [0.2, 0.25) is 5.91 Å². The molecule has 1 aliphatic rings. The number of hydrogen-bond donors (Lipinski definition) is 1. The standard InChI is InChI=1S/C29H28ClN7O/c1-18-6-11-24(19(2)14-18)36-26-23(16-33-36)27(32-17-31-26)37-25(15-20(3)35-37)34-28(38)29(12-4-5-13-29)21-7-9-22(30)10-8-21/h6-11,14-17H,4-5,12-13H2,1-3H3,(H,34,38). The van der Waals surface area contributed by atoms with E-state index >= 15 is 0 Å². The molecule has 1 fully saturated rings.